The molecule has 0 saturated heterocycles. The second-order valence-corrected chi connectivity index (χ2v) is 5.00. The van der Waals surface area contributed by atoms with Crippen LogP contribution in [-0.2, 0) is 13.0 Å². The van der Waals surface area contributed by atoms with Crippen molar-refractivity contribution in [2.45, 2.75) is 26.4 Å². The molecule has 0 N–H and O–H groups in total. The zero-order valence-corrected chi connectivity index (χ0v) is 10.8. The minimum absolute atomic E-state index is 0.440. The van der Waals surface area contributed by atoms with Crippen molar-refractivity contribution in [2.24, 2.45) is 0 Å². The standard InChI is InChI=1S/C13H11N3OS/c1-9-14-7-6-12(15-9)17-8-13-16-10-4-2-3-5-11(10)18-13/h6-7H,2,4,8H2,1H3. The van der Waals surface area contributed by atoms with E-state index < -0.39 is 0 Å². The zero-order chi connectivity index (χ0) is 12.4. The molecule has 90 valence electrons. The first-order chi connectivity index (χ1) is 8.81. The summed E-state index contributed by atoms with van der Waals surface area (Å²) in [5.74, 6) is 7.50. The Labute approximate surface area is 109 Å². The molecule has 2 aromatic heterocycles. The number of thiazole rings is 1. The van der Waals surface area contributed by atoms with Gasteiger partial charge in [-0.2, -0.15) is 4.98 Å². The third kappa shape index (κ3) is 2.34. The first-order valence-corrected chi connectivity index (χ1v) is 6.53. The van der Waals surface area contributed by atoms with Crippen molar-refractivity contribution in [3.63, 3.8) is 0 Å². The molecule has 0 fully saturated rings. The molecule has 0 unspecified atom stereocenters. The molecule has 0 atom stereocenters. The molecule has 0 saturated carbocycles. The maximum atomic E-state index is 5.60. The van der Waals surface area contributed by atoms with Gasteiger partial charge in [-0.25, -0.2) is 9.97 Å². The number of hydrogen-bond acceptors (Lipinski definition) is 5. The van der Waals surface area contributed by atoms with Crippen LogP contribution in [0.4, 0.5) is 0 Å². The molecule has 2 aromatic rings. The minimum Gasteiger partial charge on any atom is -0.470 e. The Morgan fingerprint density at radius 2 is 2.39 bits per heavy atom. The second kappa shape index (κ2) is 4.75. The van der Waals surface area contributed by atoms with Gasteiger partial charge in [0.15, 0.2) is 0 Å². The summed E-state index contributed by atoms with van der Waals surface area (Å²) in [4.78, 5) is 13.8. The van der Waals surface area contributed by atoms with E-state index in [9.17, 15) is 0 Å². The fourth-order valence-electron chi connectivity index (χ4n) is 1.70. The van der Waals surface area contributed by atoms with Crippen molar-refractivity contribution in [1.82, 2.24) is 15.0 Å². The summed E-state index contributed by atoms with van der Waals surface area (Å²) in [5.41, 5.74) is 1.11. The van der Waals surface area contributed by atoms with Crippen molar-refractivity contribution in [3.05, 3.63) is 33.7 Å². The molecule has 4 nitrogen and oxygen atoms in total. The van der Waals surface area contributed by atoms with E-state index in [0.29, 0.717) is 18.3 Å². The van der Waals surface area contributed by atoms with E-state index in [0.717, 1.165) is 28.4 Å². The molecule has 0 spiro atoms. The quantitative estimate of drug-likeness (QED) is 0.790. The molecule has 5 heteroatoms. The molecule has 1 aliphatic carbocycles. The molecule has 0 radical (unpaired) electrons. The molecule has 18 heavy (non-hydrogen) atoms. The van der Waals surface area contributed by atoms with Crippen molar-refractivity contribution in [3.8, 4) is 17.7 Å². The van der Waals surface area contributed by atoms with Crippen LogP contribution in [0.5, 0.6) is 5.88 Å². The number of fused-ring (bicyclic) bond motifs is 1. The highest BCUT2D eigenvalue weighted by Crippen LogP contribution is 2.22. The summed E-state index contributed by atoms with van der Waals surface area (Å²) in [5, 5.41) is 0.951. The molecule has 2 heterocycles. The highest BCUT2D eigenvalue weighted by Gasteiger charge is 2.12. The molecule has 1 aliphatic rings. The van der Waals surface area contributed by atoms with Gasteiger partial charge >= 0.3 is 0 Å². The molecule has 3 rings (SSSR count). The summed E-state index contributed by atoms with van der Waals surface area (Å²) in [6, 6.07) is 1.75. The van der Waals surface area contributed by atoms with E-state index >= 15 is 0 Å². The first kappa shape index (κ1) is 11.2. The number of aromatic nitrogens is 3. The summed E-state index contributed by atoms with van der Waals surface area (Å²) in [6.07, 6.45) is 3.55. The summed E-state index contributed by atoms with van der Waals surface area (Å²) < 4.78 is 5.60. The Hall–Kier alpha value is -1.93. The van der Waals surface area contributed by atoms with Crippen LogP contribution in [0.3, 0.4) is 0 Å². The lowest BCUT2D eigenvalue weighted by molar-refractivity contribution is 0.291. The van der Waals surface area contributed by atoms with Crippen molar-refractivity contribution in [1.29, 1.82) is 0 Å². The number of nitrogens with zero attached hydrogens (tertiary/aromatic N) is 3. The van der Waals surface area contributed by atoms with Gasteiger partial charge in [-0.15, -0.1) is 11.3 Å². The van der Waals surface area contributed by atoms with E-state index in [1.54, 1.807) is 23.6 Å². The van der Waals surface area contributed by atoms with Gasteiger partial charge in [0.25, 0.3) is 0 Å². The number of aryl methyl sites for hydroxylation is 2. The van der Waals surface area contributed by atoms with E-state index in [1.165, 1.54) is 0 Å². The van der Waals surface area contributed by atoms with Crippen LogP contribution < -0.4 is 4.74 Å². The molecule has 0 aliphatic heterocycles. The highest BCUT2D eigenvalue weighted by molar-refractivity contribution is 7.12. The van der Waals surface area contributed by atoms with Gasteiger partial charge in [-0.1, -0.05) is 11.8 Å². The smallest absolute Gasteiger partial charge is 0.216 e. The lowest BCUT2D eigenvalue weighted by Crippen LogP contribution is -1.99. The van der Waals surface area contributed by atoms with Crippen LogP contribution >= 0.6 is 11.3 Å². The van der Waals surface area contributed by atoms with Crippen LogP contribution in [0.25, 0.3) is 0 Å². The van der Waals surface area contributed by atoms with Crippen LogP contribution in [0.2, 0.25) is 0 Å². The number of hydrogen-bond donors (Lipinski definition) is 0. The lowest BCUT2D eigenvalue weighted by Gasteiger charge is -2.02. The van der Waals surface area contributed by atoms with Crippen LogP contribution in [0, 0.1) is 18.8 Å². The highest BCUT2D eigenvalue weighted by atomic mass is 32.1. The van der Waals surface area contributed by atoms with E-state index in [1.807, 2.05) is 6.92 Å². The first-order valence-electron chi connectivity index (χ1n) is 5.71. The second-order valence-electron chi connectivity index (χ2n) is 3.92. The van der Waals surface area contributed by atoms with Gasteiger partial charge in [0.05, 0.1) is 5.69 Å². The minimum atomic E-state index is 0.440. The van der Waals surface area contributed by atoms with Crippen molar-refractivity contribution < 1.29 is 4.74 Å². The van der Waals surface area contributed by atoms with E-state index in [2.05, 4.69) is 26.8 Å². The predicted octanol–water partition coefficient (Wildman–Crippen LogP) is 2.12. The van der Waals surface area contributed by atoms with Crippen LogP contribution in [-0.4, -0.2) is 15.0 Å². The van der Waals surface area contributed by atoms with Gasteiger partial charge < -0.3 is 4.74 Å². The summed E-state index contributed by atoms with van der Waals surface area (Å²) in [7, 11) is 0. The maximum Gasteiger partial charge on any atom is 0.216 e. The van der Waals surface area contributed by atoms with Gasteiger partial charge in [0, 0.05) is 25.1 Å². The van der Waals surface area contributed by atoms with E-state index in [4.69, 9.17) is 4.74 Å². The largest absolute Gasteiger partial charge is 0.470 e. The number of rotatable bonds is 3. The van der Waals surface area contributed by atoms with Gasteiger partial charge in [0.1, 0.15) is 22.3 Å². The van der Waals surface area contributed by atoms with Crippen molar-refractivity contribution in [2.75, 3.05) is 0 Å². The average Bonchev–Trinajstić information content (AvgIpc) is 2.79. The monoisotopic (exact) mass is 257 g/mol. The molecular formula is C13H11N3OS. The SMILES string of the molecule is Cc1nccc(OCc2nc3c(s2)C#CCC3)n1. The summed E-state index contributed by atoms with van der Waals surface area (Å²) >= 11 is 1.61. The third-order valence-electron chi connectivity index (χ3n) is 2.52. The van der Waals surface area contributed by atoms with Crippen molar-refractivity contribution >= 4 is 11.3 Å². The summed E-state index contributed by atoms with van der Waals surface area (Å²) in [6.45, 7) is 2.28. The molecule has 0 bridgehead atoms. The van der Waals surface area contributed by atoms with Gasteiger partial charge in [-0.05, 0) is 6.92 Å². The average molecular weight is 257 g/mol. The Bertz CT molecular complexity index is 639. The molecule has 0 aromatic carbocycles. The maximum absolute atomic E-state index is 5.60. The normalized spacial score (nSPS) is 12.5. The fraction of sp³-hybridized carbons (Fsp3) is 0.308. The number of ether oxygens (including phenoxy) is 1. The van der Waals surface area contributed by atoms with Gasteiger partial charge in [-0.3, -0.25) is 0 Å². The third-order valence-corrected chi connectivity index (χ3v) is 3.51. The Balaban J connectivity index is 1.71. The van der Waals surface area contributed by atoms with Crippen LogP contribution in [0.15, 0.2) is 12.3 Å². The topological polar surface area (TPSA) is 47.9 Å². The lowest BCUT2D eigenvalue weighted by atomic mass is 10.1. The van der Waals surface area contributed by atoms with Gasteiger partial charge in [0.2, 0.25) is 5.88 Å². The Kier molecular flexibility index (Phi) is 2.95. The molecule has 0 amide bonds. The van der Waals surface area contributed by atoms with Crippen LogP contribution in [0.1, 0.15) is 27.8 Å². The predicted molar refractivity (Wildman–Crippen MR) is 68.4 cm³/mol. The zero-order valence-electron chi connectivity index (χ0n) is 9.93. The van der Waals surface area contributed by atoms with E-state index in [-0.39, 0.29) is 0 Å². The Morgan fingerprint density at radius 3 is 3.22 bits per heavy atom. The Morgan fingerprint density at radius 1 is 1.44 bits per heavy atom. The molecular weight excluding hydrogens is 246 g/mol. The fourth-order valence-corrected chi connectivity index (χ4v) is 2.60.